The zero-order chi connectivity index (χ0) is 23.0. The lowest BCUT2D eigenvalue weighted by atomic mass is 10.0. The number of carbonyl (C=O) groups is 1. The van der Waals surface area contributed by atoms with Gasteiger partial charge in [0.15, 0.2) is 11.5 Å². The molecular formula is C23H30F3N5O. The third-order valence-electron chi connectivity index (χ3n) is 5.61. The van der Waals surface area contributed by atoms with Crippen LogP contribution in [-0.4, -0.2) is 41.8 Å². The highest BCUT2D eigenvalue weighted by atomic mass is 19.4. The molecule has 1 aromatic heterocycles. The van der Waals surface area contributed by atoms with Gasteiger partial charge in [-0.1, -0.05) is 38.3 Å². The van der Waals surface area contributed by atoms with E-state index in [-0.39, 0.29) is 23.3 Å². The van der Waals surface area contributed by atoms with Gasteiger partial charge in [-0.3, -0.25) is 4.79 Å². The van der Waals surface area contributed by atoms with Gasteiger partial charge in [-0.05, 0) is 43.5 Å². The van der Waals surface area contributed by atoms with Crippen molar-refractivity contribution < 1.29 is 18.0 Å². The number of hydrogen-bond acceptors (Lipinski definition) is 5. The van der Waals surface area contributed by atoms with Crippen molar-refractivity contribution in [3.8, 4) is 0 Å². The van der Waals surface area contributed by atoms with E-state index in [1.807, 2.05) is 4.90 Å². The molecule has 2 heterocycles. The SMILES string of the molecule is CCCCCCNC(=O)c1ccc(N2CCC(Nc3ccccc3C(F)(F)F)CC2)nn1. The normalized spacial score (nSPS) is 14.9. The van der Waals surface area contributed by atoms with Crippen LogP contribution in [0.3, 0.4) is 0 Å². The van der Waals surface area contributed by atoms with E-state index in [4.69, 9.17) is 0 Å². The molecule has 1 aromatic carbocycles. The van der Waals surface area contributed by atoms with Crippen LogP contribution in [0.15, 0.2) is 36.4 Å². The number of unbranched alkanes of at least 4 members (excludes halogenated alkanes) is 3. The largest absolute Gasteiger partial charge is 0.418 e. The van der Waals surface area contributed by atoms with E-state index in [0.717, 1.165) is 31.7 Å². The monoisotopic (exact) mass is 449 g/mol. The smallest absolute Gasteiger partial charge is 0.382 e. The maximum absolute atomic E-state index is 13.2. The third kappa shape index (κ3) is 6.58. The van der Waals surface area contributed by atoms with Gasteiger partial charge in [0, 0.05) is 31.4 Å². The van der Waals surface area contributed by atoms with E-state index in [9.17, 15) is 18.0 Å². The topological polar surface area (TPSA) is 70.2 Å². The lowest BCUT2D eigenvalue weighted by Gasteiger charge is -2.33. The molecule has 1 fully saturated rings. The first-order chi connectivity index (χ1) is 15.4. The van der Waals surface area contributed by atoms with Crippen molar-refractivity contribution >= 4 is 17.4 Å². The lowest BCUT2D eigenvalue weighted by molar-refractivity contribution is -0.137. The summed E-state index contributed by atoms with van der Waals surface area (Å²) in [6.07, 6.45) is 1.31. The second kappa shape index (κ2) is 11.2. The lowest BCUT2D eigenvalue weighted by Crippen LogP contribution is -2.40. The second-order valence-electron chi connectivity index (χ2n) is 8.04. The first kappa shape index (κ1) is 23.8. The van der Waals surface area contributed by atoms with Crippen molar-refractivity contribution in [3.05, 3.63) is 47.7 Å². The van der Waals surface area contributed by atoms with E-state index in [1.54, 1.807) is 18.2 Å². The minimum absolute atomic E-state index is 0.0551. The van der Waals surface area contributed by atoms with Crippen molar-refractivity contribution in [2.45, 2.75) is 57.7 Å². The van der Waals surface area contributed by atoms with Gasteiger partial charge in [-0.15, -0.1) is 10.2 Å². The van der Waals surface area contributed by atoms with Crippen LogP contribution in [0.2, 0.25) is 0 Å². The van der Waals surface area contributed by atoms with E-state index < -0.39 is 11.7 Å². The number of anilines is 2. The molecule has 1 aliphatic rings. The predicted molar refractivity (Wildman–Crippen MR) is 119 cm³/mol. The zero-order valence-corrected chi connectivity index (χ0v) is 18.3. The molecule has 2 N–H and O–H groups in total. The van der Waals surface area contributed by atoms with Gasteiger partial charge < -0.3 is 15.5 Å². The number of hydrogen-bond donors (Lipinski definition) is 2. The van der Waals surface area contributed by atoms with Crippen molar-refractivity contribution in [3.63, 3.8) is 0 Å². The number of nitrogens with zero attached hydrogens (tertiary/aromatic N) is 3. The molecule has 0 bridgehead atoms. The van der Waals surface area contributed by atoms with Crippen LogP contribution in [0.25, 0.3) is 0 Å². The molecule has 0 atom stereocenters. The molecule has 6 nitrogen and oxygen atoms in total. The average molecular weight is 450 g/mol. The predicted octanol–water partition coefficient (Wildman–Crippen LogP) is 4.89. The standard InChI is InChI=1S/C23H30F3N5O/c1-2-3-4-7-14-27-22(32)20-10-11-21(30-29-20)31-15-12-17(13-16-31)28-19-9-6-5-8-18(19)23(24,25)26/h5-6,8-11,17,28H,2-4,7,12-16H2,1H3,(H,27,32). The van der Waals surface area contributed by atoms with Crippen LogP contribution in [0, 0.1) is 0 Å². The highest BCUT2D eigenvalue weighted by Crippen LogP contribution is 2.35. The van der Waals surface area contributed by atoms with E-state index in [0.29, 0.717) is 38.3 Å². The van der Waals surface area contributed by atoms with Gasteiger partial charge >= 0.3 is 6.18 Å². The molecule has 0 unspecified atom stereocenters. The first-order valence-electron chi connectivity index (χ1n) is 11.2. The summed E-state index contributed by atoms with van der Waals surface area (Å²) in [4.78, 5) is 14.2. The number of aromatic nitrogens is 2. The summed E-state index contributed by atoms with van der Waals surface area (Å²) in [7, 11) is 0. The summed E-state index contributed by atoms with van der Waals surface area (Å²) in [6.45, 7) is 4.05. The molecule has 1 amide bonds. The highest BCUT2D eigenvalue weighted by Gasteiger charge is 2.34. The molecule has 174 valence electrons. The zero-order valence-electron chi connectivity index (χ0n) is 18.3. The average Bonchev–Trinajstić information content (AvgIpc) is 2.79. The Hall–Kier alpha value is -2.84. The Kier molecular flexibility index (Phi) is 8.30. The van der Waals surface area contributed by atoms with Crippen LogP contribution in [0.1, 0.15) is 61.5 Å². The maximum Gasteiger partial charge on any atom is 0.418 e. The molecular weight excluding hydrogens is 419 g/mol. The Labute approximate surface area is 186 Å². The van der Waals surface area contributed by atoms with Gasteiger partial charge in [0.05, 0.1) is 5.56 Å². The number of para-hydroxylation sites is 1. The number of carbonyl (C=O) groups excluding carboxylic acids is 1. The number of nitrogens with one attached hydrogen (secondary N) is 2. The van der Waals surface area contributed by atoms with E-state index in [2.05, 4.69) is 27.8 Å². The van der Waals surface area contributed by atoms with Crippen LogP contribution < -0.4 is 15.5 Å². The summed E-state index contributed by atoms with van der Waals surface area (Å²) in [5.41, 5.74) is -0.250. The number of piperidine rings is 1. The number of amides is 1. The molecule has 0 radical (unpaired) electrons. The molecule has 9 heteroatoms. The second-order valence-corrected chi connectivity index (χ2v) is 8.04. The molecule has 0 aliphatic carbocycles. The van der Waals surface area contributed by atoms with Gasteiger partial charge in [0.1, 0.15) is 0 Å². The highest BCUT2D eigenvalue weighted by molar-refractivity contribution is 5.92. The van der Waals surface area contributed by atoms with Gasteiger partial charge in [-0.25, -0.2) is 0 Å². The number of alkyl halides is 3. The van der Waals surface area contributed by atoms with Crippen LogP contribution in [-0.2, 0) is 6.18 Å². The Morgan fingerprint density at radius 1 is 1.06 bits per heavy atom. The molecule has 3 rings (SSSR count). The fourth-order valence-corrected chi connectivity index (χ4v) is 3.79. The summed E-state index contributed by atoms with van der Waals surface area (Å²) < 4.78 is 39.6. The fourth-order valence-electron chi connectivity index (χ4n) is 3.79. The van der Waals surface area contributed by atoms with Crippen molar-refractivity contribution in [1.29, 1.82) is 0 Å². The summed E-state index contributed by atoms with van der Waals surface area (Å²) >= 11 is 0. The Bertz CT molecular complexity index is 865. The van der Waals surface area contributed by atoms with E-state index in [1.165, 1.54) is 12.1 Å². The Morgan fingerprint density at radius 3 is 2.47 bits per heavy atom. The van der Waals surface area contributed by atoms with Gasteiger partial charge in [0.2, 0.25) is 0 Å². The van der Waals surface area contributed by atoms with Gasteiger partial charge in [-0.2, -0.15) is 13.2 Å². The number of benzene rings is 1. The van der Waals surface area contributed by atoms with Crippen molar-refractivity contribution in [1.82, 2.24) is 15.5 Å². The molecule has 1 aliphatic heterocycles. The van der Waals surface area contributed by atoms with Crippen LogP contribution >= 0.6 is 0 Å². The van der Waals surface area contributed by atoms with Crippen molar-refractivity contribution in [2.75, 3.05) is 29.9 Å². The molecule has 2 aromatic rings. The van der Waals surface area contributed by atoms with E-state index >= 15 is 0 Å². The van der Waals surface area contributed by atoms with Crippen LogP contribution in [0.5, 0.6) is 0 Å². The third-order valence-corrected chi connectivity index (χ3v) is 5.61. The Morgan fingerprint density at radius 2 is 1.81 bits per heavy atom. The van der Waals surface area contributed by atoms with Crippen molar-refractivity contribution in [2.24, 2.45) is 0 Å². The molecule has 32 heavy (non-hydrogen) atoms. The first-order valence-corrected chi connectivity index (χ1v) is 11.2. The molecule has 0 saturated carbocycles. The molecule has 1 saturated heterocycles. The number of halogens is 3. The molecule has 0 spiro atoms. The Balaban J connectivity index is 1.49. The summed E-state index contributed by atoms with van der Waals surface area (Å²) in [5, 5.41) is 14.1. The summed E-state index contributed by atoms with van der Waals surface area (Å²) in [5.74, 6) is 0.436. The van der Waals surface area contributed by atoms with Gasteiger partial charge in [0.25, 0.3) is 5.91 Å². The quantitative estimate of drug-likeness (QED) is 0.534. The minimum Gasteiger partial charge on any atom is -0.382 e. The van der Waals surface area contributed by atoms with Crippen LogP contribution in [0.4, 0.5) is 24.7 Å². The summed E-state index contributed by atoms with van der Waals surface area (Å²) in [6, 6.07) is 8.93. The number of rotatable bonds is 9. The maximum atomic E-state index is 13.2. The fraction of sp³-hybridized carbons (Fsp3) is 0.522. The minimum atomic E-state index is -4.39.